The molecule has 0 bridgehead atoms. The van der Waals surface area contributed by atoms with Gasteiger partial charge in [0.15, 0.2) is 6.29 Å². The lowest BCUT2D eigenvalue weighted by molar-refractivity contribution is -0.167. The highest BCUT2D eigenvalue weighted by Crippen LogP contribution is 2.19. The van der Waals surface area contributed by atoms with E-state index in [0.717, 1.165) is 0 Å². The molecule has 18 heavy (non-hydrogen) atoms. The summed E-state index contributed by atoms with van der Waals surface area (Å²) in [5, 5.41) is 2.34. The molecule has 0 unspecified atom stereocenters. The first-order valence-electron chi connectivity index (χ1n) is 6.24. The Bertz CT molecular complexity index is 311. The van der Waals surface area contributed by atoms with Gasteiger partial charge in [-0.2, -0.15) is 0 Å². The zero-order valence-electron chi connectivity index (χ0n) is 11.5. The summed E-state index contributed by atoms with van der Waals surface area (Å²) in [7, 11) is 0. The second kappa shape index (κ2) is 6.26. The van der Waals surface area contributed by atoms with Crippen molar-refractivity contribution >= 4 is 11.8 Å². The van der Waals surface area contributed by atoms with Gasteiger partial charge < -0.3 is 9.47 Å². The Labute approximate surface area is 108 Å². The first-order valence-corrected chi connectivity index (χ1v) is 6.24. The summed E-state index contributed by atoms with van der Waals surface area (Å²) < 4.78 is 10.9. The maximum atomic E-state index is 11.8. The van der Waals surface area contributed by atoms with Crippen LogP contribution in [0, 0.1) is 0 Å². The molecule has 1 aliphatic heterocycles. The Kier molecular flexibility index (Phi) is 5.25. The first kappa shape index (κ1) is 15.1. The van der Waals surface area contributed by atoms with Gasteiger partial charge in [0.25, 0.3) is 0 Å². The van der Waals surface area contributed by atoms with Crippen LogP contribution in [0.3, 0.4) is 0 Å². The fourth-order valence-corrected chi connectivity index (χ4v) is 1.83. The van der Waals surface area contributed by atoms with Gasteiger partial charge in [-0.05, 0) is 27.7 Å². The highest BCUT2D eigenvalue weighted by Gasteiger charge is 2.41. The summed E-state index contributed by atoms with van der Waals surface area (Å²) in [6, 6.07) is 0. The van der Waals surface area contributed by atoms with Gasteiger partial charge in [0.05, 0.1) is 18.6 Å². The summed E-state index contributed by atoms with van der Waals surface area (Å²) in [4.78, 5) is 25.0. The predicted molar refractivity (Wildman–Crippen MR) is 65.8 cm³/mol. The van der Waals surface area contributed by atoms with Crippen LogP contribution in [0.5, 0.6) is 0 Å². The number of nitrogens with zero attached hydrogens (tertiary/aromatic N) is 1. The summed E-state index contributed by atoms with van der Waals surface area (Å²) in [6.45, 7) is 8.95. The van der Waals surface area contributed by atoms with E-state index in [1.54, 1.807) is 18.7 Å². The molecule has 0 aromatic carbocycles. The van der Waals surface area contributed by atoms with E-state index in [1.165, 1.54) is 0 Å². The maximum absolute atomic E-state index is 11.8. The third-order valence-corrected chi connectivity index (χ3v) is 3.01. The summed E-state index contributed by atoms with van der Waals surface area (Å²) in [5.41, 5.74) is -0.736. The number of ether oxygens (including phenoxy) is 2. The molecular formula is C12H22N2O4. The molecule has 0 aromatic heterocycles. The molecule has 0 saturated carbocycles. The minimum absolute atomic E-state index is 0.176. The van der Waals surface area contributed by atoms with Crippen LogP contribution in [0.2, 0.25) is 0 Å². The highest BCUT2D eigenvalue weighted by atomic mass is 16.7. The van der Waals surface area contributed by atoms with Crippen molar-refractivity contribution in [3.05, 3.63) is 0 Å². The summed E-state index contributed by atoms with van der Waals surface area (Å²) in [6.07, 6.45) is -0.419. The predicted octanol–water partition coefficient (Wildman–Crippen LogP) is 0.123. The zero-order valence-corrected chi connectivity index (χ0v) is 11.5. The molecule has 0 aromatic rings. The molecular weight excluding hydrogens is 236 g/mol. The first-order chi connectivity index (χ1) is 8.41. The van der Waals surface area contributed by atoms with Crippen LogP contribution < -0.4 is 5.32 Å². The van der Waals surface area contributed by atoms with Crippen molar-refractivity contribution in [1.29, 1.82) is 0 Å². The van der Waals surface area contributed by atoms with Crippen molar-refractivity contribution in [2.45, 2.75) is 39.5 Å². The fraction of sp³-hybridized carbons (Fsp3) is 0.833. The zero-order chi connectivity index (χ0) is 13.8. The number of hydrogen-bond donors (Lipinski definition) is 1. The van der Waals surface area contributed by atoms with E-state index in [4.69, 9.17) is 9.47 Å². The molecule has 6 heteroatoms. The molecule has 1 rings (SSSR count). The molecule has 1 aliphatic rings. The highest BCUT2D eigenvalue weighted by molar-refractivity contribution is 6.02. The Hall–Kier alpha value is -0.980. The quantitative estimate of drug-likeness (QED) is 0.541. The molecule has 6 nitrogen and oxygen atoms in total. The van der Waals surface area contributed by atoms with Crippen molar-refractivity contribution in [1.82, 2.24) is 10.2 Å². The number of nitrogens with one attached hydrogen (secondary N) is 1. The minimum Gasteiger partial charge on any atom is -0.352 e. The maximum Gasteiger partial charge on any atom is 0.246 e. The average molecular weight is 258 g/mol. The minimum atomic E-state index is -0.736. The van der Waals surface area contributed by atoms with Crippen LogP contribution in [0.4, 0.5) is 0 Å². The SMILES string of the molecule is CCOC(CN1CC(=O)NC(=O)C1(C)C)OCC. The van der Waals surface area contributed by atoms with Gasteiger partial charge in [-0.3, -0.25) is 19.8 Å². The Balaban J connectivity index is 2.72. The van der Waals surface area contributed by atoms with E-state index in [9.17, 15) is 9.59 Å². The lowest BCUT2D eigenvalue weighted by Crippen LogP contribution is -2.65. The van der Waals surface area contributed by atoms with Crippen LogP contribution in [0.1, 0.15) is 27.7 Å². The molecule has 104 valence electrons. The van der Waals surface area contributed by atoms with Gasteiger partial charge in [-0.25, -0.2) is 0 Å². The largest absolute Gasteiger partial charge is 0.352 e. The Morgan fingerprint density at radius 1 is 1.28 bits per heavy atom. The van der Waals surface area contributed by atoms with Gasteiger partial charge in [-0.15, -0.1) is 0 Å². The van der Waals surface area contributed by atoms with Crippen molar-refractivity contribution in [3.8, 4) is 0 Å². The van der Waals surface area contributed by atoms with Crippen molar-refractivity contribution in [2.24, 2.45) is 0 Å². The lowest BCUT2D eigenvalue weighted by atomic mass is 9.99. The van der Waals surface area contributed by atoms with Crippen LogP contribution in [-0.4, -0.2) is 54.8 Å². The monoisotopic (exact) mass is 258 g/mol. The second-order valence-electron chi connectivity index (χ2n) is 4.66. The van der Waals surface area contributed by atoms with Crippen LogP contribution >= 0.6 is 0 Å². The lowest BCUT2D eigenvalue weighted by Gasteiger charge is -2.41. The topological polar surface area (TPSA) is 67.9 Å². The van der Waals surface area contributed by atoms with Gasteiger partial charge in [0.1, 0.15) is 0 Å². The smallest absolute Gasteiger partial charge is 0.246 e. The number of amides is 2. The molecule has 1 heterocycles. The van der Waals surface area contributed by atoms with Crippen LogP contribution in [0.15, 0.2) is 0 Å². The number of piperazine rings is 1. The van der Waals surface area contributed by atoms with E-state index in [-0.39, 0.29) is 18.4 Å². The van der Waals surface area contributed by atoms with Gasteiger partial charge in [0, 0.05) is 13.2 Å². The van der Waals surface area contributed by atoms with E-state index in [2.05, 4.69) is 5.32 Å². The van der Waals surface area contributed by atoms with Gasteiger partial charge >= 0.3 is 0 Å². The number of hydrogen-bond acceptors (Lipinski definition) is 5. The van der Waals surface area contributed by atoms with E-state index in [0.29, 0.717) is 19.8 Å². The van der Waals surface area contributed by atoms with Crippen LogP contribution in [0.25, 0.3) is 0 Å². The molecule has 0 radical (unpaired) electrons. The van der Waals surface area contributed by atoms with E-state index in [1.807, 2.05) is 13.8 Å². The number of imide groups is 1. The second-order valence-corrected chi connectivity index (χ2v) is 4.66. The van der Waals surface area contributed by atoms with E-state index < -0.39 is 11.8 Å². The Morgan fingerprint density at radius 2 is 1.83 bits per heavy atom. The van der Waals surface area contributed by atoms with Crippen LogP contribution in [-0.2, 0) is 19.1 Å². The van der Waals surface area contributed by atoms with E-state index >= 15 is 0 Å². The molecule has 2 amide bonds. The number of carbonyl (C=O) groups is 2. The molecule has 1 N–H and O–H groups in total. The Morgan fingerprint density at radius 3 is 2.33 bits per heavy atom. The average Bonchev–Trinajstić information content (AvgIpc) is 2.26. The molecule has 0 spiro atoms. The number of rotatable bonds is 6. The van der Waals surface area contributed by atoms with Crippen molar-refractivity contribution in [3.63, 3.8) is 0 Å². The molecule has 0 aliphatic carbocycles. The third kappa shape index (κ3) is 3.51. The standard InChI is InChI=1S/C12H22N2O4/c1-5-17-10(18-6-2)8-14-7-9(15)13-11(16)12(14,3)4/h10H,5-8H2,1-4H3,(H,13,15,16). The summed E-state index contributed by atoms with van der Waals surface area (Å²) in [5.74, 6) is -0.573. The van der Waals surface area contributed by atoms with Crippen molar-refractivity contribution in [2.75, 3.05) is 26.3 Å². The summed E-state index contributed by atoms with van der Waals surface area (Å²) >= 11 is 0. The van der Waals surface area contributed by atoms with Crippen molar-refractivity contribution < 1.29 is 19.1 Å². The number of carbonyl (C=O) groups excluding carboxylic acids is 2. The molecule has 0 atom stereocenters. The van der Waals surface area contributed by atoms with Gasteiger partial charge in [0.2, 0.25) is 11.8 Å². The molecule has 1 fully saturated rings. The third-order valence-electron chi connectivity index (χ3n) is 3.01. The van der Waals surface area contributed by atoms with Gasteiger partial charge in [-0.1, -0.05) is 0 Å². The normalized spacial score (nSPS) is 20.3. The fourth-order valence-electron chi connectivity index (χ4n) is 1.83. The molecule has 1 saturated heterocycles.